The summed E-state index contributed by atoms with van der Waals surface area (Å²) in [6, 6.07) is 18.8. The van der Waals surface area contributed by atoms with E-state index in [4.69, 9.17) is 0 Å². The lowest BCUT2D eigenvalue weighted by Crippen LogP contribution is -2.39. The molecule has 2 heteroatoms. The van der Waals surface area contributed by atoms with Crippen molar-refractivity contribution in [2.24, 2.45) is 0 Å². The van der Waals surface area contributed by atoms with Gasteiger partial charge in [0.15, 0.2) is 0 Å². The highest BCUT2D eigenvalue weighted by Gasteiger charge is 2.28. The topological polar surface area (TPSA) is 20.3 Å². The Bertz CT molecular complexity index is 691. The van der Waals surface area contributed by atoms with Gasteiger partial charge in [-0.2, -0.15) is 0 Å². The number of likely N-dealkylation sites (tertiary alicyclic amines) is 1. The number of hydrogen-bond acceptors (Lipinski definition) is 1. The first-order valence-electron chi connectivity index (χ1n) is 9.41. The molecule has 1 amide bonds. The van der Waals surface area contributed by atoms with Crippen LogP contribution in [0.1, 0.15) is 62.6 Å². The van der Waals surface area contributed by atoms with Gasteiger partial charge in [0.1, 0.15) is 0 Å². The Labute approximate surface area is 151 Å². The first kappa shape index (κ1) is 17.7. The number of hydrogen-bond donors (Lipinski definition) is 0. The highest BCUT2D eigenvalue weighted by Crippen LogP contribution is 2.30. The highest BCUT2D eigenvalue weighted by molar-refractivity contribution is 5.87. The molecular weight excluding hydrogens is 306 g/mol. The van der Waals surface area contributed by atoms with Crippen molar-refractivity contribution in [2.75, 3.05) is 13.1 Å². The normalized spacial score (nSPS) is 16.5. The second-order valence-corrected chi connectivity index (χ2v) is 8.10. The largest absolute Gasteiger partial charge is 0.342 e. The van der Waals surface area contributed by atoms with Gasteiger partial charge in [-0.3, -0.25) is 4.79 Å². The van der Waals surface area contributed by atoms with Crippen molar-refractivity contribution in [3.8, 4) is 0 Å². The first-order chi connectivity index (χ1) is 12.0. The smallest absolute Gasteiger partial charge is 0.234 e. The number of amides is 1. The molecule has 3 rings (SSSR count). The third kappa shape index (κ3) is 4.12. The SMILES string of the molecule is CC(C)(C)c1ccc(C(C(=O)N2CCCCC2)c2ccccc2)cc1. The minimum absolute atomic E-state index is 0.123. The zero-order chi connectivity index (χ0) is 17.9. The summed E-state index contributed by atoms with van der Waals surface area (Å²) in [6.07, 6.45) is 3.48. The molecule has 0 N–H and O–H groups in total. The van der Waals surface area contributed by atoms with Crippen LogP contribution in [0, 0.1) is 0 Å². The molecule has 1 heterocycles. The van der Waals surface area contributed by atoms with E-state index >= 15 is 0 Å². The maximum Gasteiger partial charge on any atom is 0.234 e. The molecule has 0 aliphatic carbocycles. The van der Waals surface area contributed by atoms with Gasteiger partial charge in [-0.05, 0) is 41.4 Å². The molecular formula is C23H29NO. The fourth-order valence-corrected chi connectivity index (χ4v) is 3.60. The average Bonchev–Trinajstić information content (AvgIpc) is 2.63. The van der Waals surface area contributed by atoms with Gasteiger partial charge in [-0.1, -0.05) is 75.4 Å². The van der Waals surface area contributed by atoms with Crippen molar-refractivity contribution in [3.05, 3.63) is 71.3 Å². The Balaban J connectivity index is 1.95. The van der Waals surface area contributed by atoms with Crippen LogP contribution in [0.25, 0.3) is 0 Å². The molecule has 1 fully saturated rings. The van der Waals surface area contributed by atoms with E-state index in [9.17, 15) is 4.79 Å². The quantitative estimate of drug-likeness (QED) is 0.761. The van der Waals surface area contributed by atoms with E-state index in [1.165, 1.54) is 12.0 Å². The minimum atomic E-state index is -0.201. The molecule has 0 spiro atoms. The molecule has 2 nitrogen and oxygen atoms in total. The van der Waals surface area contributed by atoms with Crippen LogP contribution in [0.2, 0.25) is 0 Å². The van der Waals surface area contributed by atoms with Crippen LogP contribution in [-0.4, -0.2) is 23.9 Å². The molecule has 1 aliphatic heterocycles. The summed E-state index contributed by atoms with van der Waals surface area (Å²) < 4.78 is 0. The van der Waals surface area contributed by atoms with Gasteiger partial charge in [0.05, 0.1) is 5.92 Å². The Morgan fingerprint density at radius 2 is 1.40 bits per heavy atom. The number of piperidine rings is 1. The minimum Gasteiger partial charge on any atom is -0.342 e. The van der Waals surface area contributed by atoms with Gasteiger partial charge >= 0.3 is 0 Å². The number of carbonyl (C=O) groups is 1. The molecule has 1 atom stereocenters. The highest BCUT2D eigenvalue weighted by atomic mass is 16.2. The summed E-state index contributed by atoms with van der Waals surface area (Å²) in [5.41, 5.74) is 3.60. The van der Waals surface area contributed by atoms with Crippen LogP contribution in [0.15, 0.2) is 54.6 Å². The van der Waals surface area contributed by atoms with Crippen molar-refractivity contribution in [1.82, 2.24) is 4.90 Å². The number of benzene rings is 2. The van der Waals surface area contributed by atoms with Crippen molar-refractivity contribution >= 4 is 5.91 Å². The molecule has 2 aromatic rings. The average molecular weight is 335 g/mol. The second kappa shape index (κ2) is 7.43. The summed E-state index contributed by atoms with van der Waals surface area (Å²) >= 11 is 0. The van der Waals surface area contributed by atoms with Crippen molar-refractivity contribution in [3.63, 3.8) is 0 Å². The van der Waals surface area contributed by atoms with Gasteiger partial charge in [0, 0.05) is 13.1 Å². The molecule has 132 valence electrons. The van der Waals surface area contributed by atoms with Crippen LogP contribution >= 0.6 is 0 Å². The predicted octanol–water partition coefficient (Wildman–Crippen LogP) is 5.13. The monoisotopic (exact) mass is 335 g/mol. The van der Waals surface area contributed by atoms with E-state index in [1.807, 2.05) is 18.2 Å². The summed E-state index contributed by atoms with van der Waals surface area (Å²) in [4.78, 5) is 15.4. The van der Waals surface area contributed by atoms with Crippen molar-refractivity contribution < 1.29 is 4.79 Å². The lowest BCUT2D eigenvalue weighted by atomic mass is 9.84. The lowest BCUT2D eigenvalue weighted by Gasteiger charge is -2.31. The van der Waals surface area contributed by atoms with Gasteiger partial charge in [0.25, 0.3) is 0 Å². The molecule has 0 bridgehead atoms. The van der Waals surface area contributed by atoms with Gasteiger partial charge in [-0.15, -0.1) is 0 Å². The molecule has 0 aromatic heterocycles. The number of carbonyl (C=O) groups excluding carboxylic acids is 1. The summed E-state index contributed by atoms with van der Waals surface area (Å²) in [5, 5.41) is 0. The van der Waals surface area contributed by atoms with Gasteiger partial charge in [0.2, 0.25) is 5.91 Å². The first-order valence-corrected chi connectivity index (χ1v) is 9.41. The van der Waals surface area contributed by atoms with Crippen LogP contribution < -0.4 is 0 Å². The third-order valence-corrected chi connectivity index (χ3v) is 5.16. The van der Waals surface area contributed by atoms with Crippen molar-refractivity contribution in [2.45, 2.75) is 51.4 Å². The maximum atomic E-state index is 13.3. The summed E-state index contributed by atoms with van der Waals surface area (Å²) in [6.45, 7) is 8.44. The fraction of sp³-hybridized carbons (Fsp3) is 0.435. The van der Waals surface area contributed by atoms with Crippen LogP contribution in [0.3, 0.4) is 0 Å². The lowest BCUT2D eigenvalue weighted by molar-refractivity contribution is -0.132. The van der Waals surface area contributed by atoms with Gasteiger partial charge < -0.3 is 4.90 Å². The summed E-state index contributed by atoms with van der Waals surface area (Å²) in [5.74, 6) is 0.0442. The zero-order valence-electron chi connectivity index (χ0n) is 15.7. The molecule has 1 unspecified atom stereocenters. The van der Waals surface area contributed by atoms with E-state index in [-0.39, 0.29) is 17.2 Å². The van der Waals surface area contributed by atoms with E-state index in [1.54, 1.807) is 0 Å². The van der Waals surface area contributed by atoms with Crippen LogP contribution in [0.4, 0.5) is 0 Å². The van der Waals surface area contributed by atoms with Crippen molar-refractivity contribution in [1.29, 1.82) is 0 Å². The molecule has 0 saturated carbocycles. The summed E-state index contributed by atoms with van der Waals surface area (Å²) in [7, 11) is 0. The Kier molecular flexibility index (Phi) is 5.27. The zero-order valence-corrected chi connectivity index (χ0v) is 15.7. The van der Waals surface area contributed by atoms with E-state index in [0.29, 0.717) is 0 Å². The van der Waals surface area contributed by atoms with Gasteiger partial charge in [-0.25, -0.2) is 0 Å². The second-order valence-electron chi connectivity index (χ2n) is 8.10. The number of nitrogens with zero attached hydrogens (tertiary/aromatic N) is 1. The van der Waals surface area contributed by atoms with Crippen LogP contribution in [0.5, 0.6) is 0 Å². The molecule has 1 aliphatic rings. The maximum absolute atomic E-state index is 13.3. The van der Waals surface area contributed by atoms with E-state index < -0.39 is 0 Å². The fourth-order valence-electron chi connectivity index (χ4n) is 3.60. The standard InChI is InChI=1S/C23H29NO/c1-23(2,3)20-14-12-19(13-15-20)21(18-10-6-4-7-11-18)22(25)24-16-8-5-9-17-24/h4,6-7,10-15,21H,5,8-9,16-17H2,1-3H3. The van der Waals surface area contributed by atoms with E-state index in [2.05, 4.69) is 62.1 Å². The van der Waals surface area contributed by atoms with E-state index in [0.717, 1.165) is 37.1 Å². The molecule has 2 aromatic carbocycles. The third-order valence-electron chi connectivity index (χ3n) is 5.16. The Morgan fingerprint density at radius 3 is 1.96 bits per heavy atom. The number of rotatable bonds is 3. The molecule has 25 heavy (non-hydrogen) atoms. The Morgan fingerprint density at radius 1 is 0.840 bits per heavy atom. The molecule has 1 saturated heterocycles. The molecule has 0 radical (unpaired) electrons. The van der Waals surface area contributed by atoms with Crippen LogP contribution in [-0.2, 0) is 10.2 Å². The Hall–Kier alpha value is -2.09. The predicted molar refractivity (Wildman–Crippen MR) is 104 cm³/mol.